The van der Waals surface area contributed by atoms with E-state index in [9.17, 15) is 9.59 Å². The first-order chi connectivity index (χ1) is 7.74. The van der Waals surface area contributed by atoms with Crippen molar-refractivity contribution in [1.29, 1.82) is 0 Å². The third-order valence-electron chi connectivity index (χ3n) is 1.81. The van der Waals surface area contributed by atoms with E-state index in [0.29, 0.717) is 5.56 Å². The Hall–Kier alpha value is -2.10. The average molecular weight is 220 g/mol. The van der Waals surface area contributed by atoms with E-state index >= 15 is 0 Å². The van der Waals surface area contributed by atoms with E-state index in [1.54, 1.807) is 24.3 Å². The van der Waals surface area contributed by atoms with Gasteiger partial charge in [0.25, 0.3) is 0 Å². The maximum absolute atomic E-state index is 11.5. The monoisotopic (exact) mass is 220 g/mol. The number of Topliss-reactive ketones (excluding diaryl/α,β-unsaturated/α-hetero) is 1. The molecule has 0 aliphatic rings. The smallest absolute Gasteiger partial charge is 0.333 e. The fraction of sp³-hybridized carbons (Fsp3) is 0.167. The van der Waals surface area contributed by atoms with Crippen molar-refractivity contribution in [3.8, 4) is 0 Å². The number of benzene rings is 1. The van der Waals surface area contributed by atoms with E-state index in [1.165, 1.54) is 7.11 Å². The Labute approximate surface area is 93.5 Å². The van der Waals surface area contributed by atoms with Crippen LogP contribution in [-0.2, 0) is 14.3 Å². The summed E-state index contributed by atoms with van der Waals surface area (Å²) in [6.45, 7) is -0.0997. The molecule has 4 nitrogen and oxygen atoms in total. The van der Waals surface area contributed by atoms with E-state index in [0.717, 1.165) is 12.3 Å². The molecule has 4 heteroatoms. The minimum atomic E-state index is -0.521. The van der Waals surface area contributed by atoms with Crippen LogP contribution in [0.25, 0.3) is 0 Å². The van der Waals surface area contributed by atoms with E-state index in [2.05, 4.69) is 4.74 Å². The van der Waals surface area contributed by atoms with Gasteiger partial charge in [-0.2, -0.15) is 0 Å². The van der Waals surface area contributed by atoms with Crippen molar-refractivity contribution < 1.29 is 19.1 Å². The fourth-order valence-corrected chi connectivity index (χ4v) is 1.00. The van der Waals surface area contributed by atoms with Gasteiger partial charge < -0.3 is 9.47 Å². The van der Waals surface area contributed by atoms with E-state index in [-0.39, 0.29) is 12.4 Å². The molecule has 0 atom stereocenters. The van der Waals surface area contributed by atoms with Crippen molar-refractivity contribution in [2.75, 3.05) is 13.7 Å². The number of rotatable bonds is 5. The first-order valence-corrected chi connectivity index (χ1v) is 4.68. The molecule has 1 aromatic carbocycles. The lowest BCUT2D eigenvalue weighted by Gasteiger charge is -2.00. The molecule has 84 valence electrons. The van der Waals surface area contributed by atoms with Crippen LogP contribution >= 0.6 is 0 Å². The molecule has 0 saturated heterocycles. The second kappa shape index (κ2) is 6.40. The molecule has 0 saturated carbocycles. The van der Waals surface area contributed by atoms with Crippen LogP contribution in [0, 0.1) is 0 Å². The van der Waals surface area contributed by atoms with Gasteiger partial charge in [0, 0.05) is 5.56 Å². The van der Waals surface area contributed by atoms with Crippen molar-refractivity contribution in [3.63, 3.8) is 0 Å². The molecule has 0 spiro atoms. The summed E-state index contributed by atoms with van der Waals surface area (Å²) in [6.07, 6.45) is 2.25. The standard InChI is InChI=1S/C12H12O4/c1-15-12(14)7-8-16-9-11(13)10-5-3-2-4-6-10/h2-8H,9H2,1H3/b8-7+. The van der Waals surface area contributed by atoms with Crippen LogP contribution in [0.5, 0.6) is 0 Å². The van der Waals surface area contributed by atoms with Gasteiger partial charge in [-0.05, 0) is 0 Å². The lowest BCUT2D eigenvalue weighted by molar-refractivity contribution is -0.134. The number of carbonyl (C=O) groups is 2. The molecule has 0 aromatic heterocycles. The Kier molecular flexibility index (Phi) is 4.79. The van der Waals surface area contributed by atoms with Crippen molar-refractivity contribution in [1.82, 2.24) is 0 Å². The molecule has 0 heterocycles. The quantitative estimate of drug-likeness (QED) is 0.327. The van der Waals surface area contributed by atoms with Gasteiger partial charge in [-0.15, -0.1) is 0 Å². The van der Waals surface area contributed by atoms with Crippen LogP contribution in [0.4, 0.5) is 0 Å². The first-order valence-electron chi connectivity index (χ1n) is 4.68. The zero-order chi connectivity index (χ0) is 11.8. The highest BCUT2D eigenvalue weighted by atomic mass is 16.5. The lowest BCUT2D eigenvalue weighted by Crippen LogP contribution is -2.06. The van der Waals surface area contributed by atoms with Gasteiger partial charge in [0.15, 0.2) is 12.4 Å². The van der Waals surface area contributed by atoms with Crippen molar-refractivity contribution in [2.45, 2.75) is 0 Å². The summed E-state index contributed by atoms with van der Waals surface area (Å²) >= 11 is 0. The topological polar surface area (TPSA) is 52.6 Å². The highest BCUT2D eigenvalue weighted by Crippen LogP contribution is 2.00. The van der Waals surface area contributed by atoms with E-state index < -0.39 is 5.97 Å². The van der Waals surface area contributed by atoms with Crippen LogP contribution in [0.2, 0.25) is 0 Å². The summed E-state index contributed by atoms with van der Waals surface area (Å²) in [6, 6.07) is 8.79. The van der Waals surface area contributed by atoms with Crippen molar-refractivity contribution >= 4 is 11.8 Å². The predicted octanol–water partition coefficient (Wildman–Crippen LogP) is 1.57. The maximum Gasteiger partial charge on any atom is 0.333 e. The minimum Gasteiger partial charge on any atom is -0.493 e. The number of ketones is 1. The van der Waals surface area contributed by atoms with Gasteiger partial charge in [-0.1, -0.05) is 30.3 Å². The molecule has 0 radical (unpaired) electrons. The number of carbonyl (C=O) groups excluding carboxylic acids is 2. The number of hydrogen-bond acceptors (Lipinski definition) is 4. The summed E-state index contributed by atoms with van der Waals surface area (Å²) in [5, 5.41) is 0. The SMILES string of the molecule is COC(=O)/C=C/OCC(=O)c1ccccc1. The van der Waals surface area contributed by atoms with Gasteiger partial charge >= 0.3 is 5.97 Å². The van der Waals surface area contributed by atoms with Crippen molar-refractivity contribution in [3.05, 3.63) is 48.2 Å². The number of hydrogen-bond donors (Lipinski definition) is 0. The van der Waals surface area contributed by atoms with E-state index in [1.807, 2.05) is 6.07 Å². The highest BCUT2D eigenvalue weighted by Gasteiger charge is 2.03. The first kappa shape index (κ1) is 12.0. The van der Waals surface area contributed by atoms with Gasteiger partial charge in [-0.3, -0.25) is 4.79 Å². The highest BCUT2D eigenvalue weighted by molar-refractivity contribution is 5.97. The summed E-state index contributed by atoms with van der Waals surface area (Å²) in [5.41, 5.74) is 0.578. The number of esters is 1. The maximum atomic E-state index is 11.5. The second-order valence-corrected chi connectivity index (χ2v) is 2.93. The molecule has 0 unspecified atom stereocenters. The van der Waals surface area contributed by atoms with Gasteiger partial charge in [0.05, 0.1) is 19.4 Å². The molecule has 0 aliphatic carbocycles. The largest absolute Gasteiger partial charge is 0.493 e. The van der Waals surface area contributed by atoms with Gasteiger partial charge in [-0.25, -0.2) is 4.79 Å². The molecular weight excluding hydrogens is 208 g/mol. The summed E-state index contributed by atoms with van der Waals surface area (Å²) in [5.74, 6) is -0.665. The van der Waals surface area contributed by atoms with Crippen LogP contribution < -0.4 is 0 Å². The molecule has 0 N–H and O–H groups in total. The predicted molar refractivity (Wildman–Crippen MR) is 57.9 cm³/mol. The second-order valence-electron chi connectivity index (χ2n) is 2.93. The van der Waals surface area contributed by atoms with Crippen molar-refractivity contribution in [2.24, 2.45) is 0 Å². The Morgan fingerprint density at radius 2 is 1.94 bits per heavy atom. The summed E-state index contributed by atoms with van der Waals surface area (Å²) in [7, 11) is 1.27. The molecule has 1 rings (SSSR count). The molecule has 1 aromatic rings. The third-order valence-corrected chi connectivity index (χ3v) is 1.81. The molecular formula is C12H12O4. The zero-order valence-corrected chi connectivity index (χ0v) is 8.88. The lowest BCUT2D eigenvalue weighted by atomic mass is 10.1. The molecule has 0 bridgehead atoms. The Bertz CT molecular complexity index is 381. The number of ether oxygens (including phenoxy) is 2. The molecule has 0 aliphatic heterocycles. The summed E-state index contributed by atoms with van der Waals surface area (Å²) < 4.78 is 9.24. The van der Waals surface area contributed by atoms with Crippen LogP contribution in [0.3, 0.4) is 0 Å². The van der Waals surface area contributed by atoms with Crippen LogP contribution in [0.15, 0.2) is 42.7 Å². The fourth-order valence-electron chi connectivity index (χ4n) is 1.00. The van der Waals surface area contributed by atoms with E-state index in [4.69, 9.17) is 4.74 Å². The Morgan fingerprint density at radius 1 is 1.25 bits per heavy atom. The Balaban J connectivity index is 2.37. The third kappa shape index (κ3) is 3.96. The molecule has 0 amide bonds. The molecule has 0 fully saturated rings. The van der Waals surface area contributed by atoms with Gasteiger partial charge in [0.1, 0.15) is 0 Å². The molecule has 16 heavy (non-hydrogen) atoms. The normalized spacial score (nSPS) is 10.1. The summed E-state index contributed by atoms with van der Waals surface area (Å²) in [4.78, 5) is 22.1. The van der Waals surface area contributed by atoms with Crippen LogP contribution in [0.1, 0.15) is 10.4 Å². The Morgan fingerprint density at radius 3 is 2.56 bits per heavy atom. The zero-order valence-electron chi connectivity index (χ0n) is 8.88. The minimum absolute atomic E-state index is 0.0997. The number of methoxy groups -OCH3 is 1. The van der Waals surface area contributed by atoms with Crippen LogP contribution in [-0.4, -0.2) is 25.5 Å². The average Bonchev–Trinajstić information content (AvgIpc) is 2.35. The van der Waals surface area contributed by atoms with Gasteiger partial charge in [0.2, 0.25) is 0 Å².